The van der Waals surface area contributed by atoms with Crippen LogP contribution in [0.4, 0.5) is 5.69 Å². The molecule has 0 radical (unpaired) electrons. The number of benzene rings is 2. The van der Waals surface area contributed by atoms with Crippen molar-refractivity contribution in [1.82, 2.24) is 0 Å². The second-order valence-corrected chi connectivity index (χ2v) is 7.65. The van der Waals surface area contributed by atoms with E-state index in [2.05, 4.69) is 12.2 Å². The molecular formula is C19H22ClNO3S. The summed E-state index contributed by atoms with van der Waals surface area (Å²) in [4.78, 5) is 12.5. The number of carbonyl (C=O) groups is 1. The molecule has 0 aliphatic carbocycles. The number of amides is 1. The highest BCUT2D eigenvalue weighted by Crippen LogP contribution is 2.34. The number of rotatable bonds is 7. The van der Waals surface area contributed by atoms with Crippen LogP contribution >= 0.6 is 23.4 Å². The Hall–Kier alpha value is -1.85. The minimum Gasteiger partial charge on any atom is -0.493 e. The zero-order valence-electron chi connectivity index (χ0n) is 14.7. The topological polar surface area (TPSA) is 47.6 Å². The number of ether oxygens (including phenoxy) is 2. The Morgan fingerprint density at radius 2 is 1.68 bits per heavy atom. The third-order valence-electron chi connectivity index (χ3n) is 3.77. The van der Waals surface area contributed by atoms with Gasteiger partial charge >= 0.3 is 0 Å². The van der Waals surface area contributed by atoms with Crippen LogP contribution in [0.2, 0.25) is 5.02 Å². The zero-order chi connectivity index (χ0) is 18.4. The predicted molar refractivity (Wildman–Crippen MR) is 105 cm³/mol. The molecule has 4 nitrogen and oxygen atoms in total. The monoisotopic (exact) mass is 379 g/mol. The standard InChI is InChI=1S/C19H22ClNO3S/c1-12(14-5-7-15(20)8-6-14)25-13(2)19(22)21-16-9-10-17(23-3)18(11-16)24-4/h5-13H,1-4H3,(H,21,22). The minimum absolute atomic E-state index is 0.0574. The molecule has 2 atom stereocenters. The molecule has 0 aromatic heterocycles. The molecule has 2 aromatic carbocycles. The molecule has 0 bridgehead atoms. The number of hydrogen-bond donors (Lipinski definition) is 1. The maximum Gasteiger partial charge on any atom is 0.237 e. The van der Waals surface area contributed by atoms with Crippen LogP contribution < -0.4 is 14.8 Å². The maximum absolute atomic E-state index is 12.5. The van der Waals surface area contributed by atoms with Crippen LogP contribution in [-0.4, -0.2) is 25.4 Å². The molecular weight excluding hydrogens is 358 g/mol. The molecule has 1 amide bonds. The highest BCUT2D eigenvalue weighted by atomic mass is 35.5. The lowest BCUT2D eigenvalue weighted by Gasteiger charge is -2.18. The van der Waals surface area contributed by atoms with Gasteiger partial charge in [0.15, 0.2) is 11.5 Å². The molecule has 1 N–H and O–H groups in total. The normalized spacial score (nSPS) is 13.0. The van der Waals surface area contributed by atoms with Crippen molar-refractivity contribution in [1.29, 1.82) is 0 Å². The number of nitrogens with one attached hydrogen (secondary N) is 1. The van der Waals surface area contributed by atoms with Crippen molar-refractivity contribution < 1.29 is 14.3 Å². The van der Waals surface area contributed by atoms with Crippen LogP contribution in [0.15, 0.2) is 42.5 Å². The summed E-state index contributed by atoms with van der Waals surface area (Å²) in [5.74, 6) is 1.15. The Morgan fingerprint density at radius 1 is 1.04 bits per heavy atom. The van der Waals surface area contributed by atoms with Gasteiger partial charge in [-0.3, -0.25) is 4.79 Å². The quantitative estimate of drug-likeness (QED) is 0.720. The molecule has 2 unspecified atom stereocenters. The van der Waals surface area contributed by atoms with Crippen molar-refractivity contribution in [3.8, 4) is 11.5 Å². The van der Waals surface area contributed by atoms with E-state index in [0.29, 0.717) is 22.2 Å². The molecule has 0 heterocycles. The summed E-state index contributed by atoms with van der Waals surface area (Å²) in [6.07, 6.45) is 0. The van der Waals surface area contributed by atoms with Crippen LogP contribution in [-0.2, 0) is 4.79 Å². The van der Waals surface area contributed by atoms with Gasteiger partial charge in [0.05, 0.1) is 19.5 Å². The zero-order valence-corrected chi connectivity index (χ0v) is 16.3. The summed E-state index contributed by atoms with van der Waals surface area (Å²) in [6.45, 7) is 3.97. The largest absolute Gasteiger partial charge is 0.493 e. The molecule has 134 valence electrons. The Balaban J connectivity index is 1.99. The van der Waals surface area contributed by atoms with Crippen molar-refractivity contribution in [2.45, 2.75) is 24.3 Å². The molecule has 0 spiro atoms. The van der Waals surface area contributed by atoms with Crippen LogP contribution in [0.25, 0.3) is 0 Å². The Kier molecular flexibility index (Phi) is 7.02. The summed E-state index contributed by atoms with van der Waals surface area (Å²) in [6, 6.07) is 13.0. The van der Waals surface area contributed by atoms with E-state index in [9.17, 15) is 4.79 Å². The van der Waals surface area contributed by atoms with Gasteiger partial charge in [-0.25, -0.2) is 0 Å². The van der Waals surface area contributed by atoms with Gasteiger partial charge in [0.1, 0.15) is 0 Å². The van der Waals surface area contributed by atoms with Crippen LogP contribution in [0.3, 0.4) is 0 Å². The van der Waals surface area contributed by atoms with Crippen molar-refractivity contribution in [3.63, 3.8) is 0 Å². The first-order valence-electron chi connectivity index (χ1n) is 7.88. The summed E-state index contributed by atoms with van der Waals surface area (Å²) >= 11 is 7.51. The smallest absolute Gasteiger partial charge is 0.237 e. The highest BCUT2D eigenvalue weighted by Gasteiger charge is 2.18. The van der Waals surface area contributed by atoms with E-state index in [1.54, 1.807) is 44.2 Å². The molecule has 6 heteroatoms. The van der Waals surface area contributed by atoms with Crippen molar-refractivity contribution in [3.05, 3.63) is 53.1 Å². The van der Waals surface area contributed by atoms with Gasteiger partial charge < -0.3 is 14.8 Å². The van der Waals surface area contributed by atoms with E-state index < -0.39 is 0 Å². The second-order valence-electron chi connectivity index (χ2n) is 5.53. The number of thioether (sulfide) groups is 1. The van der Waals surface area contributed by atoms with Crippen molar-refractivity contribution in [2.75, 3.05) is 19.5 Å². The Bertz CT molecular complexity index is 721. The Morgan fingerprint density at radius 3 is 2.28 bits per heavy atom. The fourth-order valence-electron chi connectivity index (χ4n) is 2.34. The molecule has 0 aliphatic heterocycles. The van der Waals surface area contributed by atoms with Crippen LogP contribution in [0, 0.1) is 0 Å². The first kappa shape index (κ1) is 19.5. The van der Waals surface area contributed by atoms with Gasteiger partial charge in [-0.05, 0) is 43.7 Å². The lowest BCUT2D eigenvalue weighted by molar-refractivity contribution is -0.115. The van der Waals surface area contributed by atoms with Gasteiger partial charge in [-0.1, -0.05) is 23.7 Å². The van der Waals surface area contributed by atoms with Gasteiger partial charge in [-0.15, -0.1) is 11.8 Å². The van der Waals surface area contributed by atoms with E-state index in [-0.39, 0.29) is 16.4 Å². The lowest BCUT2D eigenvalue weighted by Crippen LogP contribution is -2.23. The third-order valence-corrected chi connectivity index (χ3v) is 5.32. The summed E-state index contributed by atoms with van der Waals surface area (Å²) in [5.41, 5.74) is 1.81. The summed E-state index contributed by atoms with van der Waals surface area (Å²) in [7, 11) is 3.14. The van der Waals surface area contributed by atoms with E-state index >= 15 is 0 Å². The van der Waals surface area contributed by atoms with Gasteiger partial charge in [0, 0.05) is 22.0 Å². The number of anilines is 1. The van der Waals surface area contributed by atoms with Crippen molar-refractivity contribution in [2.24, 2.45) is 0 Å². The number of halogens is 1. The lowest BCUT2D eigenvalue weighted by atomic mass is 10.2. The SMILES string of the molecule is COc1ccc(NC(=O)C(C)SC(C)c2ccc(Cl)cc2)cc1OC. The molecule has 0 aliphatic rings. The van der Waals surface area contributed by atoms with Crippen LogP contribution in [0.1, 0.15) is 24.7 Å². The van der Waals surface area contributed by atoms with Gasteiger partial charge in [0.25, 0.3) is 0 Å². The summed E-state index contributed by atoms with van der Waals surface area (Å²) < 4.78 is 10.5. The minimum atomic E-state index is -0.209. The molecule has 2 aromatic rings. The number of methoxy groups -OCH3 is 2. The fraction of sp³-hybridized carbons (Fsp3) is 0.316. The molecule has 0 fully saturated rings. The van der Waals surface area contributed by atoms with E-state index in [1.807, 2.05) is 31.2 Å². The van der Waals surface area contributed by atoms with Gasteiger partial charge in [0.2, 0.25) is 5.91 Å². The van der Waals surface area contributed by atoms with Crippen molar-refractivity contribution >= 4 is 35.0 Å². The first-order valence-corrected chi connectivity index (χ1v) is 9.20. The van der Waals surface area contributed by atoms with Gasteiger partial charge in [-0.2, -0.15) is 0 Å². The molecule has 25 heavy (non-hydrogen) atoms. The maximum atomic E-state index is 12.5. The number of hydrogen-bond acceptors (Lipinski definition) is 4. The average Bonchev–Trinajstić information content (AvgIpc) is 2.61. The fourth-order valence-corrected chi connectivity index (χ4v) is 3.57. The van der Waals surface area contributed by atoms with Crippen LogP contribution in [0.5, 0.6) is 11.5 Å². The molecule has 0 saturated carbocycles. The predicted octanol–water partition coefficient (Wildman–Crippen LogP) is 5.18. The summed E-state index contributed by atoms with van der Waals surface area (Å²) in [5, 5.41) is 3.60. The molecule has 0 saturated heterocycles. The number of carbonyl (C=O) groups excluding carboxylic acids is 1. The highest BCUT2D eigenvalue weighted by molar-refractivity contribution is 8.00. The first-order chi connectivity index (χ1) is 11.9. The molecule has 2 rings (SSSR count). The Labute approximate surface area is 157 Å². The second kappa shape index (κ2) is 9.02. The van der Waals surface area contributed by atoms with E-state index in [4.69, 9.17) is 21.1 Å². The van der Waals surface area contributed by atoms with E-state index in [1.165, 1.54) is 0 Å². The van der Waals surface area contributed by atoms with E-state index in [0.717, 1.165) is 5.56 Å². The third kappa shape index (κ3) is 5.31. The average molecular weight is 380 g/mol.